The topological polar surface area (TPSA) is 37.8 Å². The van der Waals surface area contributed by atoms with Crippen molar-refractivity contribution < 1.29 is 0 Å². The van der Waals surface area contributed by atoms with Gasteiger partial charge in [0.05, 0.1) is 6.20 Å². The van der Waals surface area contributed by atoms with Gasteiger partial charge in [0.2, 0.25) is 0 Å². The molecule has 0 unspecified atom stereocenters. The van der Waals surface area contributed by atoms with Gasteiger partial charge in [-0.1, -0.05) is 39.3 Å². The number of nitrogens with one attached hydrogen (secondary N) is 1. The van der Waals surface area contributed by atoms with Crippen LogP contribution in [0.3, 0.4) is 0 Å². The molecule has 0 aliphatic heterocycles. The normalized spacial score (nSPS) is 22.5. The van der Waals surface area contributed by atoms with Crippen LogP contribution in [0.2, 0.25) is 5.02 Å². The molecule has 1 aliphatic carbocycles. The standard InChI is InChI=1S/C11H16ClN3/c1-10(2)9(11(10,3)4)15-8-7(12)5-13-6-14-8/h5-6,9H,1-4H3,(H,13,14,15). The van der Waals surface area contributed by atoms with Crippen molar-refractivity contribution in [1.82, 2.24) is 9.97 Å². The average Bonchev–Trinajstić information content (AvgIpc) is 2.51. The van der Waals surface area contributed by atoms with Crippen LogP contribution < -0.4 is 5.32 Å². The van der Waals surface area contributed by atoms with Gasteiger partial charge in [0, 0.05) is 6.04 Å². The van der Waals surface area contributed by atoms with E-state index in [-0.39, 0.29) is 10.8 Å². The summed E-state index contributed by atoms with van der Waals surface area (Å²) in [4.78, 5) is 8.00. The Morgan fingerprint density at radius 3 is 2.33 bits per heavy atom. The SMILES string of the molecule is CC1(C)C(Nc2ncncc2Cl)C1(C)C. The molecule has 0 saturated heterocycles. The van der Waals surface area contributed by atoms with Gasteiger partial charge >= 0.3 is 0 Å². The second-order valence-electron chi connectivity index (χ2n) is 5.24. The zero-order valence-corrected chi connectivity index (χ0v) is 10.3. The Labute approximate surface area is 95.3 Å². The zero-order valence-electron chi connectivity index (χ0n) is 9.50. The minimum Gasteiger partial charge on any atom is -0.365 e. The van der Waals surface area contributed by atoms with Gasteiger partial charge in [-0.2, -0.15) is 0 Å². The third kappa shape index (κ3) is 1.49. The quantitative estimate of drug-likeness (QED) is 0.841. The molecule has 1 aromatic heterocycles. The maximum atomic E-state index is 5.99. The van der Waals surface area contributed by atoms with Crippen LogP contribution in [-0.2, 0) is 0 Å². The lowest BCUT2D eigenvalue weighted by molar-refractivity contribution is 0.457. The van der Waals surface area contributed by atoms with Crippen molar-refractivity contribution in [1.29, 1.82) is 0 Å². The van der Waals surface area contributed by atoms with Crippen molar-refractivity contribution >= 4 is 17.4 Å². The summed E-state index contributed by atoms with van der Waals surface area (Å²) in [6.45, 7) is 9.00. The van der Waals surface area contributed by atoms with E-state index in [1.807, 2.05) is 0 Å². The Bertz CT molecular complexity index is 373. The third-order valence-electron chi connectivity index (χ3n) is 3.97. The second kappa shape index (κ2) is 3.08. The molecule has 1 N–H and O–H groups in total. The minimum atomic E-state index is 0.279. The molecule has 0 radical (unpaired) electrons. The lowest BCUT2D eigenvalue weighted by Gasteiger charge is -2.07. The van der Waals surface area contributed by atoms with E-state index >= 15 is 0 Å². The third-order valence-corrected chi connectivity index (χ3v) is 4.25. The van der Waals surface area contributed by atoms with E-state index in [9.17, 15) is 0 Å². The van der Waals surface area contributed by atoms with Gasteiger partial charge in [-0.05, 0) is 10.8 Å². The average molecular weight is 226 g/mol. The first kappa shape index (κ1) is 10.7. The molecule has 3 nitrogen and oxygen atoms in total. The molecule has 0 aromatic carbocycles. The zero-order chi connectivity index (χ0) is 11.3. The summed E-state index contributed by atoms with van der Waals surface area (Å²) in [7, 11) is 0. The summed E-state index contributed by atoms with van der Waals surface area (Å²) in [6, 6.07) is 0.414. The highest BCUT2D eigenvalue weighted by Crippen LogP contribution is 2.63. The van der Waals surface area contributed by atoms with Gasteiger partial charge in [-0.25, -0.2) is 9.97 Å². The lowest BCUT2D eigenvalue weighted by Crippen LogP contribution is -2.11. The Kier molecular flexibility index (Phi) is 2.19. The molecular formula is C11H16ClN3. The fourth-order valence-corrected chi connectivity index (χ4v) is 2.27. The first-order valence-corrected chi connectivity index (χ1v) is 5.47. The fourth-order valence-electron chi connectivity index (χ4n) is 2.11. The molecule has 1 aliphatic rings. The highest BCUT2D eigenvalue weighted by atomic mass is 35.5. The van der Waals surface area contributed by atoms with Crippen molar-refractivity contribution in [2.45, 2.75) is 33.7 Å². The van der Waals surface area contributed by atoms with Crippen LogP contribution in [0.4, 0.5) is 5.82 Å². The van der Waals surface area contributed by atoms with Crippen LogP contribution >= 0.6 is 11.6 Å². The summed E-state index contributed by atoms with van der Waals surface area (Å²) >= 11 is 5.99. The van der Waals surface area contributed by atoms with Crippen LogP contribution in [0.15, 0.2) is 12.5 Å². The first-order valence-electron chi connectivity index (χ1n) is 5.09. The minimum absolute atomic E-state index is 0.279. The number of halogens is 1. The predicted molar refractivity (Wildman–Crippen MR) is 62.0 cm³/mol. The van der Waals surface area contributed by atoms with Gasteiger partial charge in [-0.15, -0.1) is 0 Å². The monoisotopic (exact) mass is 225 g/mol. The van der Waals surface area contributed by atoms with E-state index < -0.39 is 0 Å². The van der Waals surface area contributed by atoms with Gasteiger partial charge in [-0.3, -0.25) is 0 Å². The molecule has 82 valence electrons. The molecule has 1 fully saturated rings. The van der Waals surface area contributed by atoms with E-state index in [0.29, 0.717) is 11.1 Å². The molecule has 1 heterocycles. The number of nitrogens with zero attached hydrogens (tertiary/aromatic N) is 2. The van der Waals surface area contributed by atoms with E-state index in [0.717, 1.165) is 5.82 Å². The second-order valence-corrected chi connectivity index (χ2v) is 5.65. The van der Waals surface area contributed by atoms with Crippen LogP contribution in [-0.4, -0.2) is 16.0 Å². The van der Waals surface area contributed by atoms with Crippen molar-refractivity contribution in [2.24, 2.45) is 10.8 Å². The summed E-state index contributed by atoms with van der Waals surface area (Å²) < 4.78 is 0. The van der Waals surface area contributed by atoms with Gasteiger partial charge in [0.15, 0.2) is 0 Å². The molecule has 0 amide bonds. The largest absolute Gasteiger partial charge is 0.365 e. The van der Waals surface area contributed by atoms with Crippen LogP contribution in [0.5, 0.6) is 0 Å². The number of anilines is 1. The molecule has 1 aromatic rings. The molecule has 1 saturated carbocycles. The Morgan fingerprint density at radius 2 is 1.87 bits per heavy atom. The highest BCUT2D eigenvalue weighted by molar-refractivity contribution is 6.32. The van der Waals surface area contributed by atoms with E-state index in [1.165, 1.54) is 6.33 Å². The predicted octanol–water partition coefficient (Wildman–Crippen LogP) is 2.98. The molecule has 2 rings (SSSR count). The van der Waals surface area contributed by atoms with Crippen LogP contribution in [0.25, 0.3) is 0 Å². The van der Waals surface area contributed by atoms with Crippen molar-refractivity contribution in [3.63, 3.8) is 0 Å². The number of aromatic nitrogens is 2. The molecule has 0 spiro atoms. The van der Waals surface area contributed by atoms with Crippen molar-refractivity contribution in [3.05, 3.63) is 17.5 Å². The van der Waals surface area contributed by atoms with Gasteiger partial charge in [0.1, 0.15) is 17.2 Å². The van der Waals surface area contributed by atoms with Gasteiger partial charge in [0.25, 0.3) is 0 Å². The van der Waals surface area contributed by atoms with E-state index in [2.05, 4.69) is 43.0 Å². The summed E-state index contributed by atoms with van der Waals surface area (Å²) in [5.41, 5.74) is 0.558. The number of rotatable bonds is 2. The van der Waals surface area contributed by atoms with E-state index in [1.54, 1.807) is 6.20 Å². The lowest BCUT2D eigenvalue weighted by atomic mass is 10.0. The first-order chi connectivity index (χ1) is 6.87. The summed E-state index contributed by atoms with van der Waals surface area (Å²) in [5.74, 6) is 0.732. The van der Waals surface area contributed by atoms with Crippen molar-refractivity contribution in [3.8, 4) is 0 Å². The number of hydrogen-bond donors (Lipinski definition) is 1. The molecule has 15 heavy (non-hydrogen) atoms. The highest BCUT2D eigenvalue weighted by Gasteiger charge is 2.65. The fraction of sp³-hybridized carbons (Fsp3) is 0.636. The molecule has 4 heteroatoms. The van der Waals surface area contributed by atoms with Crippen LogP contribution in [0.1, 0.15) is 27.7 Å². The molecular weight excluding hydrogens is 210 g/mol. The van der Waals surface area contributed by atoms with Crippen LogP contribution in [0, 0.1) is 10.8 Å². The Morgan fingerprint density at radius 1 is 1.27 bits per heavy atom. The Hall–Kier alpha value is -0.830. The summed E-state index contributed by atoms with van der Waals surface area (Å²) in [5, 5.41) is 3.96. The summed E-state index contributed by atoms with van der Waals surface area (Å²) in [6.07, 6.45) is 3.12. The molecule has 0 bridgehead atoms. The maximum Gasteiger partial charge on any atom is 0.148 e. The van der Waals surface area contributed by atoms with E-state index in [4.69, 9.17) is 11.6 Å². The molecule has 0 atom stereocenters. The number of hydrogen-bond acceptors (Lipinski definition) is 3. The maximum absolute atomic E-state index is 5.99. The Balaban J connectivity index is 2.16. The van der Waals surface area contributed by atoms with Crippen molar-refractivity contribution in [2.75, 3.05) is 5.32 Å². The smallest absolute Gasteiger partial charge is 0.148 e. The van der Waals surface area contributed by atoms with Gasteiger partial charge < -0.3 is 5.32 Å².